The molecule has 18 heavy (non-hydrogen) atoms. The monoisotopic (exact) mass is 253 g/mol. The third kappa shape index (κ3) is 4.21. The van der Waals surface area contributed by atoms with Crippen LogP contribution < -0.4 is 11.1 Å². The fraction of sp³-hybridized carbons (Fsp3) is 0.500. The Labute approximate surface area is 106 Å². The predicted molar refractivity (Wildman–Crippen MR) is 71.6 cm³/mol. The quantitative estimate of drug-likeness (QED) is 0.285. The van der Waals surface area contributed by atoms with Gasteiger partial charge in [0, 0.05) is 13.2 Å². The largest absolute Gasteiger partial charge is 0.396 e. The van der Waals surface area contributed by atoms with Gasteiger partial charge in [-0.2, -0.15) is 0 Å². The number of anilines is 2. The van der Waals surface area contributed by atoms with E-state index in [1.807, 2.05) is 0 Å². The van der Waals surface area contributed by atoms with E-state index in [1.165, 1.54) is 6.07 Å². The molecule has 6 heteroatoms. The molecular formula is C12H19N3O3. The maximum Gasteiger partial charge on any atom is 0.314 e. The Kier molecular flexibility index (Phi) is 5.93. The second-order valence-electron chi connectivity index (χ2n) is 4.07. The molecule has 0 saturated carbocycles. The standard InChI is InChI=1S/C12H19N3O3/c13-10-6-5-7-11(12(10)15(17)18)14-8-3-1-2-4-9-16/h5-7,14,16H,1-4,8-9,13H2. The minimum Gasteiger partial charge on any atom is -0.396 e. The van der Waals surface area contributed by atoms with Crippen molar-refractivity contribution in [2.45, 2.75) is 25.7 Å². The van der Waals surface area contributed by atoms with Gasteiger partial charge in [0.05, 0.1) is 4.92 Å². The molecule has 0 aromatic heterocycles. The molecule has 6 nitrogen and oxygen atoms in total. The first-order chi connectivity index (χ1) is 8.66. The summed E-state index contributed by atoms with van der Waals surface area (Å²) in [4.78, 5) is 10.4. The van der Waals surface area contributed by atoms with E-state index in [4.69, 9.17) is 10.8 Å². The first kappa shape index (κ1) is 14.2. The van der Waals surface area contributed by atoms with E-state index in [0.717, 1.165) is 25.7 Å². The fourth-order valence-corrected chi connectivity index (χ4v) is 1.72. The minimum atomic E-state index is -0.469. The van der Waals surface area contributed by atoms with Gasteiger partial charge in [-0.3, -0.25) is 10.1 Å². The summed E-state index contributed by atoms with van der Waals surface area (Å²) >= 11 is 0. The van der Waals surface area contributed by atoms with Crippen LogP contribution >= 0.6 is 0 Å². The van der Waals surface area contributed by atoms with Crippen molar-refractivity contribution in [3.05, 3.63) is 28.3 Å². The van der Waals surface area contributed by atoms with Gasteiger partial charge in [-0.1, -0.05) is 18.9 Å². The lowest BCUT2D eigenvalue weighted by Gasteiger charge is -2.08. The Balaban J connectivity index is 2.47. The Bertz CT molecular complexity index is 396. The van der Waals surface area contributed by atoms with Gasteiger partial charge in [-0.05, 0) is 25.0 Å². The lowest BCUT2D eigenvalue weighted by molar-refractivity contribution is -0.383. The number of nitrogen functional groups attached to an aromatic ring is 1. The number of nitro groups is 1. The van der Waals surface area contributed by atoms with Crippen molar-refractivity contribution >= 4 is 17.1 Å². The van der Waals surface area contributed by atoms with Crippen LogP contribution in [0.15, 0.2) is 18.2 Å². The molecule has 1 aromatic rings. The zero-order valence-corrected chi connectivity index (χ0v) is 10.3. The lowest BCUT2D eigenvalue weighted by Crippen LogP contribution is -2.06. The van der Waals surface area contributed by atoms with Crippen molar-refractivity contribution in [3.63, 3.8) is 0 Å². The number of aliphatic hydroxyl groups is 1. The summed E-state index contributed by atoms with van der Waals surface area (Å²) in [6.07, 6.45) is 3.67. The second kappa shape index (κ2) is 7.50. The average Bonchev–Trinajstić information content (AvgIpc) is 2.33. The van der Waals surface area contributed by atoms with E-state index in [2.05, 4.69) is 5.32 Å². The van der Waals surface area contributed by atoms with E-state index in [0.29, 0.717) is 12.2 Å². The van der Waals surface area contributed by atoms with Gasteiger partial charge in [-0.15, -0.1) is 0 Å². The molecule has 0 unspecified atom stereocenters. The van der Waals surface area contributed by atoms with Crippen LogP contribution in [0.3, 0.4) is 0 Å². The Morgan fingerprint density at radius 1 is 1.28 bits per heavy atom. The zero-order chi connectivity index (χ0) is 13.4. The molecule has 0 aliphatic carbocycles. The second-order valence-corrected chi connectivity index (χ2v) is 4.07. The molecule has 0 bridgehead atoms. The molecule has 0 atom stereocenters. The van der Waals surface area contributed by atoms with Gasteiger partial charge in [-0.25, -0.2) is 0 Å². The zero-order valence-electron chi connectivity index (χ0n) is 10.3. The van der Waals surface area contributed by atoms with Crippen LogP contribution in [-0.2, 0) is 0 Å². The highest BCUT2D eigenvalue weighted by Gasteiger charge is 2.16. The Morgan fingerprint density at radius 2 is 2.00 bits per heavy atom. The molecule has 0 radical (unpaired) electrons. The lowest BCUT2D eigenvalue weighted by atomic mass is 10.2. The third-order valence-electron chi connectivity index (χ3n) is 2.65. The summed E-state index contributed by atoms with van der Waals surface area (Å²) in [5.41, 5.74) is 6.15. The first-order valence-electron chi connectivity index (χ1n) is 6.04. The smallest absolute Gasteiger partial charge is 0.314 e. The molecule has 0 aliphatic heterocycles. The predicted octanol–water partition coefficient (Wildman–Crippen LogP) is 2.14. The number of nitro benzene ring substituents is 1. The normalized spacial score (nSPS) is 10.3. The summed E-state index contributed by atoms with van der Waals surface area (Å²) in [7, 11) is 0. The van der Waals surface area contributed by atoms with E-state index >= 15 is 0 Å². The number of nitrogens with one attached hydrogen (secondary N) is 1. The van der Waals surface area contributed by atoms with Gasteiger partial charge in [0.2, 0.25) is 0 Å². The van der Waals surface area contributed by atoms with Crippen LogP contribution in [0, 0.1) is 10.1 Å². The number of unbranched alkanes of at least 4 members (excludes halogenated alkanes) is 3. The molecule has 0 saturated heterocycles. The summed E-state index contributed by atoms with van der Waals surface area (Å²) in [6, 6.07) is 4.86. The number of nitrogens with zero attached hydrogens (tertiary/aromatic N) is 1. The number of benzene rings is 1. The molecule has 0 fully saturated rings. The maximum absolute atomic E-state index is 10.9. The van der Waals surface area contributed by atoms with E-state index in [-0.39, 0.29) is 18.0 Å². The first-order valence-corrected chi connectivity index (χ1v) is 6.04. The summed E-state index contributed by atoms with van der Waals surface area (Å²) in [5, 5.41) is 22.5. The van der Waals surface area contributed by atoms with Gasteiger partial charge in [0.1, 0.15) is 11.4 Å². The van der Waals surface area contributed by atoms with Crippen LogP contribution in [0.4, 0.5) is 17.1 Å². The number of aliphatic hydroxyl groups excluding tert-OH is 1. The van der Waals surface area contributed by atoms with Crippen LogP contribution in [0.1, 0.15) is 25.7 Å². The van der Waals surface area contributed by atoms with Crippen molar-refractivity contribution in [1.82, 2.24) is 0 Å². The average molecular weight is 253 g/mol. The van der Waals surface area contributed by atoms with Gasteiger partial charge < -0.3 is 16.2 Å². The molecule has 0 amide bonds. The topological polar surface area (TPSA) is 101 Å². The van der Waals surface area contributed by atoms with Gasteiger partial charge >= 0.3 is 5.69 Å². The van der Waals surface area contributed by atoms with E-state index < -0.39 is 4.92 Å². The number of nitrogens with two attached hydrogens (primary N) is 1. The van der Waals surface area contributed by atoms with Crippen LogP contribution in [-0.4, -0.2) is 23.2 Å². The van der Waals surface area contributed by atoms with Crippen molar-refractivity contribution in [2.75, 3.05) is 24.2 Å². The fourth-order valence-electron chi connectivity index (χ4n) is 1.72. The van der Waals surface area contributed by atoms with Crippen molar-refractivity contribution in [3.8, 4) is 0 Å². The van der Waals surface area contributed by atoms with E-state index in [9.17, 15) is 10.1 Å². The van der Waals surface area contributed by atoms with E-state index in [1.54, 1.807) is 12.1 Å². The summed E-state index contributed by atoms with van der Waals surface area (Å²) < 4.78 is 0. The number of para-hydroxylation sites is 1. The van der Waals surface area contributed by atoms with Crippen LogP contribution in [0.5, 0.6) is 0 Å². The molecule has 0 aliphatic rings. The minimum absolute atomic E-state index is 0.0622. The van der Waals surface area contributed by atoms with Gasteiger partial charge in [0.25, 0.3) is 0 Å². The molecule has 4 N–H and O–H groups in total. The molecule has 100 valence electrons. The molecule has 0 spiro atoms. The van der Waals surface area contributed by atoms with Crippen LogP contribution in [0.2, 0.25) is 0 Å². The number of hydrogen-bond donors (Lipinski definition) is 3. The Morgan fingerprint density at radius 3 is 2.67 bits per heavy atom. The molecule has 1 aromatic carbocycles. The number of rotatable bonds is 8. The van der Waals surface area contributed by atoms with Crippen molar-refractivity contribution in [2.24, 2.45) is 0 Å². The van der Waals surface area contributed by atoms with Crippen molar-refractivity contribution < 1.29 is 10.0 Å². The highest BCUT2D eigenvalue weighted by molar-refractivity contribution is 5.74. The van der Waals surface area contributed by atoms with Gasteiger partial charge in [0.15, 0.2) is 0 Å². The molecule has 0 heterocycles. The summed E-state index contributed by atoms with van der Waals surface area (Å²) in [6.45, 7) is 0.879. The SMILES string of the molecule is Nc1cccc(NCCCCCCO)c1[N+](=O)[O-]. The number of hydrogen-bond acceptors (Lipinski definition) is 5. The van der Waals surface area contributed by atoms with Crippen LogP contribution in [0.25, 0.3) is 0 Å². The highest BCUT2D eigenvalue weighted by Crippen LogP contribution is 2.30. The van der Waals surface area contributed by atoms with Crippen molar-refractivity contribution in [1.29, 1.82) is 0 Å². The molecule has 1 rings (SSSR count). The molecular weight excluding hydrogens is 234 g/mol. The summed E-state index contributed by atoms with van der Waals surface area (Å²) in [5.74, 6) is 0. The maximum atomic E-state index is 10.9. The Hall–Kier alpha value is -1.82. The third-order valence-corrected chi connectivity index (χ3v) is 2.65. The highest BCUT2D eigenvalue weighted by atomic mass is 16.6.